The highest BCUT2D eigenvalue weighted by atomic mass is 16.1. The second-order valence-electron chi connectivity index (χ2n) is 6.74. The van der Waals surface area contributed by atoms with Gasteiger partial charge in [-0.1, -0.05) is 27.7 Å². The summed E-state index contributed by atoms with van der Waals surface area (Å²) in [6, 6.07) is 2.13. The smallest absolute Gasteiger partial charge is 0.252 e. The van der Waals surface area contributed by atoms with Crippen molar-refractivity contribution in [2.45, 2.75) is 52.5 Å². The Morgan fingerprint density at radius 1 is 1.38 bits per heavy atom. The van der Waals surface area contributed by atoms with E-state index in [2.05, 4.69) is 34.0 Å². The zero-order valence-electron chi connectivity index (χ0n) is 13.6. The quantitative estimate of drug-likeness (QED) is 0.843. The van der Waals surface area contributed by atoms with Gasteiger partial charge in [-0.15, -0.1) is 0 Å². The minimum Gasteiger partial charge on any atom is -0.355 e. The first kappa shape index (κ1) is 16.0. The third-order valence-electron chi connectivity index (χ3n) is 3.81. The summed E-state index contributed by atoms with van der Waals surface area (Å²) in [4.78, 5) is 21.7. The molecule has 5 heteroatoms. The molecule has 1 saturated heterocycles. The summed E-state index contributed by atoms with van der Waals surface area (Å²) in [5.41, 5.74) is -0.0585. The van der Waals surface area contributed by atoms with Crippen LogP contribution in [-0.2, 0) is 0 Å². The van der Waals surface area contributed by atoms with Gasteiger partial charge in [0.15, 0.2) is 0 Å². The minimum atomic E-state index is -0.0585. The molecule has 0 aliphatic carbocycles. The number of rotatable bonds is 6. The minimum absolute atomic E-state index is 0.0585. The number of hydrogen-bond acceptors (Lipinski definition) is 4. The second kappa shape index (κ2) is 7.07. The molecule has 1 aliphatic rings. The van der Waals surface area contributed by atoms with Crippen molar-refractivity contribution in [1.29, 1.82) is 0 Å². The van der Waals surface area contributed by atoms with E-state index in [1.165, 1.54) is 12.8 Å². The van der Waals surface area contributed by atoms with Crippen LogP contribution in [0.1, 0.15) is 52.3 Å². The number of hydrogen-bond donors (Lipinski definition) is 2. The lowest BCUT2D eigenvalue weighted by molar-refractivity contribution is 0.536. The topological polar surface area (TPSA) is 61.0 Å². The average Bonchev–Trinajstić information content (AvgIpc) is 2.89. The van der Waals surface area contributed by atoms with Crippen molar-refractivity contribution in [2.24, 2.45) is 5.92 Å². The summed E-state index contributed by atoms with van der Waals surface area (Å²) in [5.74, 6) is 2.34. The number of nitrogens with one attached hydrogen (secondary N) is 2. The summed E-state index contributed by atoms with van der Waals surface area (Å²) in [6.45, 7) is 11.4. The van der Waals surface area contributed by atoms with Gasteiger partial charge in [0.05, 0.1) is 0 Å². The number of aromatic nitrogens is 2. The van der Waals surface area contributed by atoms with E-state index in [0.717, 1.165) is 31.3 Å². The van der Waals surface area contributed by atoms with Crippen molar-refractivity contribution in [2.75, 3.05) is 24.5 Å². The molecule has 21 heavy (non-hydrogen) atoms. The van der Waals surface area contributed by atoms with Crippen LogP contribution in [0.15, 0.2) is 10.9 Å². The first-order valence-electron chi connectivity index (χ1n) is 8.05. The molecule has 1 aromatic heterocycles. The van der Waals surface area contributed by atoms with E-state index < -0.39 is 0 Å². The molecule has 1 atom stereocenters. The molecule has 0 bridgehead atoms. The largest absolute Gasteiger partial charge is 0.355 e. The average molecular weight is 292 g/mol. The fraction of sp³-hybridized carbons (Fsp3) is 0.750. The van der Waals surface area contributed by atoms with Crippen LogP contribution in [0.4, 0.5) is 5.82 Å². The molecule has 2 N–H and O–H groups in total. The van der Waals surface area contributed by atoms with Crippen LogP contribution in [-0.4, -0.2) is 35.6 Å². The number of H-pyrrole nitrogens is 1. The van der Waals surface area contributed by atoms with Crippen LogP contribution < -0.4 is 15.8 Å². The lowest BCUT2D eigenvalue weighted by atomic mass is 10.1. The molecule has 5 nitrogen and oxygen atoms in total. The Kier molecular flexibility index (Phi) is 5.39. The molecular weight excluding hydrogens is 264 g/mol. The normalized spacial score (nSPS) is 18.7. The van der Waals surface area contributed by atoms with Gasteiger partial charge in [-0.2, -0.15) is 0 Å². The summed E-state index contributed by atoms with van der Waals surface area (Å²) in [6.07, 6.45) is 2.44. The van der Waals surface area contributed by atoms with Crippen LogP contribution in [0.2, 0.25) is 0 Å². The van der Waals surface area contributed by atoms with Crippen LogP contribution >= 0.6 is 0 Å². The van der Waals surface area contributed by atoms with Crippen molar-refractivity contribution >= 4 is 5.82 Å². The molecule has 1 aliphatic heterocycles. The zero-order valence-corrected chi connectivity index (χ0v) is 13.6. The molecule has 1 aromatic rings. The van der Waals surface area contributed by atoms with Gasteiger partial charge in [0, 0.05) is 31.1 Å². The van der Waals surface area contributed by atoms with E-state index in [9.17, 15) is 4.79 Å². The Morgan fingerprint density at radius 3 is 2.71 bits per heavy atom. The van der Waals surface area contributed by atoms with Crippen molar-refractivity contribution in [3.05, 3.63) is 22.2 Å². The van der Waals surface area contributed by atoms with E-state index in [-0.39, 0.29) is 11.5 Å². The van der Waals surface area contributed by atoms with E-state index in [1.54, 1.807) is 6.07 Å². The lowest BCUT2D eigenvalue weighted by Crippen LogP contribution is -2.40. The molecule has 0 amide bonds. The summed E-state index contributed by atoms with van der Waals surface area (Å²) >= 11 is 0. The van der Waals surface area contributed by atoms with E-state index in [4.69, 9.17) is 0 Å². The van der Waals surface area contributed by atoms with Gasteiger partial charge >= 0.3 is 0 Å². The summed E-state index contributed by atoms with van der Waals surface area (Å²) < 4.78 is 0. The lowest BCUT2D eigenvalue weighted by Gasteiger charge is -2.28. The van der Waals surface area contributed by atoms with Crippen LogP contribution in [0.5, 0.6) is 0 Å². The predicted molar refractivity (Wildman–Crippen MR) is 87.0 cm³/mol. The zero-order chi connectivity index (χ0) is 15.4. The van der Waals surface area contributed by atoms with Crippen molar-refractivity contribution in [3.63, 3.8) is 0 Å². The first-order valence-corrected chi connectivity index (χ1v) is 8.05. The second-order valence-corrected chi connectivity index (χ2v) is 6.74. The molecule has 2 heterocycles. The highest BCUT2D eigenvalue weighted by molar-refractivity contribution is 5.38. The van der Waals surface area contributed by atoms with Gasteiger partial charge in [-0.25, -0.2) is 4.98 Å². The number of aromatic amines is 1. The molecule has 2 rings (SSSR count). The Labute approximate surface area is 127 Å². The molecule has 1 unspecified atom stereocenters. The third-order valence-corrected chi connectivity index (χ3v) is 3.81. The van der Waals surface area contributed by atoms with Gasteiger partial charge in [0.2, 0.25) is 0 Å². The predicted octanol–water partition coefficient (Wildman–Crippen LogP) is 2.11. The van der Waals surface area contributed by atoms with Gasteiger partial charge in [0.1, 0.15) is 11.6 Å². The van der Waals surface area contributed by atoms with Crippen LogP contribution in [0, 0.1) is 5.92 Å². The van der Waals surface area contributed by atoms with E-state index in [1.807, 2.05) is 13.8 Å². The van der Waals surface area contributed by atoms with E-state index >= 15 is 0 Å². The number of anilines is 1. The molecule has 0 spiro atoms. The van der Waals surface area contributed by atoms with Crippen molar-refractivity contribution < 1.29 is 0 Å². The maximum Gasteiger partial charge on any atom is 0.252 e. The molecule has 118 valence electrons. The number of nitrogens with zero attached hydrogens (tertiary/aromatic N) is 2. The molecular formula is C16H28N4O. The Balaban J connectivity index is 2.24. The molecule has 0 saturated carbocycles. The third kappa shape index (κ3) is 4.56. The summed E-state index contributed by atoms with van der Waals surface area (Å²) in [5, 5.41) is 3.53. The maximum atomic E-state index is 11.9. The highest BCUT2D eigenvalue weighted by Crippen LogP contribution is 2.17. The van der Waals surface area contributed by atoms with Gasteiger partial charge in [0.25, 0.3) is 5.56 Å². The first-order chi connectivity index (χ1) is 9.95. The monoisotopic (exact) mass is 292 g/mol. The van der Waals surface area contributed by atoms with Gasteiger partial charge in [-0.3, -0.25) is 4.79 Å². The fourth-order valence-corrected chi connectivity index (χ4v) is 2.78. The Morgan fingerprint density at radius 2 is 2.14 bits per heavy atom. The van der Waals surface area contributed by atoms with E-state index in [0.29, 0.717) is 12.0 Å². The maximum absolute atomic E-state index is 11.9. The van der Waals surface area contributed by atoms with Gasteiger partial charge < -0.3 is 15.2 Å². The van der Waals surface area contributed by atoms with Crippen LogP contribution in [0.25, 0.3) is 0 Å². The molecule has 1 fully saturated rings. The molecule has 0 radical (unpaired) electrons. The van der Waals surface area contributed by atoms with Gasteiger partial charge in [-0.05, 0) is 25.3 Å². The molecule has 0 aromatic carbocycles. The fourth-order valence-electron chi connectivity index (χ4n) is 2.78. The highest BCUT2D eigenvalue weighted by Gasteiger charge is 2.20. The van der Waals surface area contributed by atoms with Crippen molar-refractivity contribution in [1.82, 2.24) is 15.3 Å². The standard InChI is InChI=1S/C16H28N4O/c1-11(2)9-20(10-13-6-5-7-17-13)14-8-15(21)19-16(18-14)12(3)4/h8,11-13,17H,5-7,9-10H2,1-4H3,(H,18,19,21). The van der Waals surface area contributed by atoms with Crippen molar-refractivity contribution in [3.8, 4) is 0 Å². The Bertz CT molecular complexity index is 503. The summed E-state index contributed by atoms with van der Waals surface area (Å²) in [7, 11) is 0. The van der Waals surface area contributed by atoms with Crippen LogP contribution in [0.3, 0.4) is 0 Å². The Hall–Kier alpha value is -1.36. The SMILES string of the molecule is CC(C)CN(CC1CCCN1)c1cc(=O)[nH]c(C(C)C)n1.